The summed E-state index contributed by atoms with van der Waals surface area (Å²) in [6.45, 7) is 2.72. The van der Waals surface area contributed by atoms with E-state index in [1.165, 1.54) is 11.3 Å². The Kier molecular flexibility index (Phi) is 5.09. The maximum absolute atomic E-state index is 12.6. The summed E-state index contributed by atoms with van der Waals surface area (Å²) in [6, 6.07) is 5.67. The predicted octanol–water partition coefficient (Wildman–Crippen LogP) is 2.03. The summed E-state index contributed by atoms with van der Waals surface area (Å²) in [5.41, 5.74) is 10.4. The molecular weight excluding hydrogens is 282 g/mol. The van der Waals surface area contributed by atoms with Crippen LogP contribution < -0.4 is 5.73 Å². The summed E-state index contributed by atoms with van der Waals surface area (Å²) in [7, 11) is 1.77. The number of hydrogen-bond acceptors (Lipinski definition) is 4. The Morgan fingerprint density at radius 2 is 2.29 bits per heavy atom. The van der Waals surface area contributed by atoms with E-state index in [9.17, 15) is 4.79 Å². The number of rotatable bonds is 3. The molecule has 0 radical (unpaired) electrons. The molecule has 0 spiro atoms. The highest BCUT2D eigenvalue weighted by atomic mass is 32.1. The van der Waals surface area contributed by atoms with Crippen LogP contribution in [0.2, 0.25) is 0 Å². The highest BCUT2D eigenvalue weighted by Gasteiger charge is 2.16. The van der Waals surface area contributed by atoms with Crippen molar-refractivity contribution in [3.8, 4) is 11.8 Å². The second-order valence-electron chi connectivity index (χ2n) is 4.70. The third-order valence-electron chi connectivity index (χ3n) is 2.96. The molecule has 2 N–H and O–H groups in total. The molecule has 1 amide bonds. The number of carbonyl (C=O) groups excluding carboxylic acids is 1. The summed E-state index contributed by atoms with van der Waals surface area (Å²) in [5.74, 6) is 5.70. The summed E-state index contributed by atoms with van der Waals surface area (Å²) >= 11 is 1.52. The number of hydrogen-bond donors (Lipinski definition) is 1. The van der Waals surface area contributed by atoms with Gasteiger partial charge in [-0.25, -0.2) is 4.98 Å². The van der Waals surface area contributed by atoms with Crippen LogP contribution in [0.15, 0.2) is 29.1 Å². The van der Waals surface area contributed by atoms with Crippen LogP contribution in [-0.4, -0.2) is 29.4 Å². The molecule has 0 bridgehead atoms. The number of nitrogens with two attached hydrogens (primary N) is 1. The molecule has 0 fully saturated rings. The molecule has 0 saturated heterocycles. The molecule has 21 heavy (non-hydrogen) atoms. The predicted molar refractivity (Wildman–Crippen MR) is 85.0 cm³/mol. The van der Waals surface area contributed by atoms with Gasteiger partial charge in [0, 0.05) is 18.0 Å². The third-order valence-corrected chi connectivity index (χ3v) is 3.60. The molecule has 1 aromatic heterocycles. The quantitative estimate of drug-likeness (QED) is 0.882. The van der Waals surface area contributed by atoms with Crippen molar-refractivity contribution in [1.82, 2.24) is 9.88 Å². The van der Waals surface area contributed by atoms with Gasteiger partial charge < -0.3 is 10.6 Å². The van der Waals surface area contributed by atoms with Gasteiger partial charge >= 0.3 is 0 Å². The summed E-state index contributed by atoms with van der Waals surface area (Å²) in [4.78, 5) is 18.5. The van der Waals surface area contributed by atoms with Crippen molar-refractivity contribution < 1.29 is 4.79 Å². The van der Waals surface area contributed by atoms with E-state index in [0.717, 1.165) is 11.3 Å². The number of benzene rings is 1. The van der Waals surface area contributed by atoms with Gasteiger partial charge in [0.1, 0.15) is 0 Å². The third kappa shape index (κ3) is 3.91. The van der Waals surface area contributed by atoms with Gasteiger partial charge in [0.2, 0.25) is 0 Å². The first kappa shape index (κ1) is 15.2. The van der Waals surface area contributed by atoms with Crippen LogP contribution in [0.25, 0.3) is 0 Å². The van der Waals surface area contributed by atoms with Gasteiger partial charge in [-0.15, -0.1) is 11.3 Å². The highest BCUT2D eigenvalue weighted by Crippen LogP contribution is 2.15. The van der Waals surface area contributed by atoms with Crippen molar-refractivity contribution in [2.24, 2.45) is 5.73 Å². The van der Waals surface area contributed by atoms with Crippen LogP contribution >= 0.6 is 11.3 Å². The molecule has 2 aromatic rings. The Morgan fingerprint density at radius 1 is 1.48 bits per heavy atom. The second-order valence-corrected chi connectivity index (χ2v) is 5.41. The smallest absolute Gasteiger partial charge is 0.255 e. The first-order valence-corrected chi connectivity index (χ1v) is 7.48. The van der Waals surface area contributed by atoms with Crippen LogP contribution in [0.4, 0.5) is 0 Å². The Hall–Kier alpha value is -2.16. The highest BCUT2D eigenvalue weighted by molar-refractivity contribution is 7.07. The Labute approximate surface area is 128 Å². The van der Waals surface area contributed by atoms with E-state index < -0.39 is 0 Å². The lowest BCUT2D eigenvalue weighted by atomic mass is 10.0. The van der Waals surface area contributed by atoms with E-state index >= 15 is 0 Å². The molecule has 0 aliphatic carbocycles. The van der Waals surface area contributed by atoms with Gasteiger partial charge in [-0.1, -0.05) is 23.5 Å². The monoisotopic (exact) mass is 299 g/mol. The van der Waals surface area contributed by atoms with Crippen LogP contribution in [0, 0.1) is 18.8 Å². The van der Waals surface area contributed by atoms with Gasteiger partial charge in [-0.2, -0.15) is 0 Å². The molecule has 0 atom stereocenters. The normalized spacial score (nSPS) is 9.86. The lowest BCUT2D eigenvalue weighted by molar-refractivity contribution is 0.0783. The fourth-order valence-corrected chi connectivity index (χ4v) is 2.48. The minimum absolute atomic E-state index is 0.0620. The average Bonchev–Trinajstić information content (AvgIpc) is 2.98. The number of aryl methyl sites for hydroxylation is 1. The summed E-state index contributed by atoms with van der Waals surface area (Å²) in [6.07, 6.45) is 0. The largest absolute Gasteiger partial charge is 0.336 e. The first-order chi connectivity index (χ1) is 10.1. The Bertz CT molecular complexity index is 683. The molecular formula is C16H17N3OS. The molecule has 4 nitrogen and oxygen atoms in total. The molecule has 1 heterocycles. The van der Waals surface area contributed by atoms with Crippen molar-refractivity contribution in [3.05, 3.63) is 51.5 Å². The summed E-state index contributed by atoms with van der Waals surface area (Å²) in [5, 5.41) is 1.94. The van der Waals surface area contributed by atoms with E-state index in [2.05, 4.69) is 16.8 Å². The van der Waals surface area contributed by atoms with Crippen LogP contribution in [0.3, 0.4) is 0 Å². The number of thiazole rings is 1. The molecule has 5 heteroatoms. The number of nitrogens with zero attached hydrogens (tertiary/aromatic N) is 2. The lowest BCUT2D eigenvalue weighted by Crippen LogP contribution is -2.27. The van der Waals surface area contributed by atoms with E-state index in [4.69, 9.17) is 5.73 Å². The van der Waals surface area contributed by atoms with Gasteiger partial charge in [0.15, 0.2) is 0 Å². The molecule has 2 rings (SSSR count). The Balaban J connectivity index is 2.26. The van der Waals surface area contributed by atoms with Gasteiger partial charge in [-0.3, -0.25) is 4.79 Å². The average molecular weight is 299 g/mol. The Morgan fingerprint density at radius 3 is 2.95 bits per heavy atom. The zero-order chi connectivity index (χ0) is 15.2. The molecule has 0 unspecified atom stereocenters. The van der Waals surface area contributed by atoms with Gasteiger partial charge in [-0.05, 0) is 19.1 Å². The summed E-state index contributed by atoms with van der Waals surface area (Å²) < 4.78 is 0. The van der Waals surface area contributed by atoms with E-state index in [1.807, 2.05) is 30.5 Å². The van der Waals surface area contributed by atoms with Crippen LogP contribution in [0.1, 0.15) is 27.2 Å². The minimum atomic E-state index is -0.0620. The van der Waals surface area contributed by atoms with Crippen molar-refractivity contribution >= 4 is 17.2 Å². The number of aromatic nitrogens is 1. The van der Waals surface area contributed by atoms with E-state index in [0.29, 0.717) is 17.7 Å². The molecule has 108 valence electrons. The maximum atomic E-state index is 12.6. The zero-order valence-electron chi connectivity index (χ0n) is 12.1. The van der Waals surface area contributed by atoms with E-state index in [1.54, 1.807) is 17.5 Å². The van der Waals surface area contributed by atoms with Crippen LogP contribution in [0.5, 0.6) is 0 Å². The lowest BCUT2D eigenvalue weighted by Gasteiger charge is -2.17. The van der Waals surface area contributed by atoms with Gasteiger partial charge in [0.05, 0.1) is 29.9 Å². The number of carbonyl (C=O) groups is 1. The molecule has 0 aliphatic heterocycles. The van der Waals surface area contributed by atoms with Crippen molar-refractivity contribution in [2.45, 2.75) is 13.5 Å². The van der Waals surface area contributed by atoms with Crippen molar-refractivity contribution in [2.75, 3.05) is 13.6 Å². The first-order valence-electron chi connectivity index (χ1n) is 6.54. The standard InChI is InChI=1S/C16H17N3OS/c1-12-5-6-13(4-3-7-17)15(8-12)16(20)19(2)9-14-10-21-11-18-14/h5-6,8,10-11H,7,9,17H2,1-2H3. The topological polar surface area (TPSA) is 59.2 Å². The minimum Gasteiger partial charge on any atom is -0.336 e. The fourth-order valence-electron chi connectivity index (χ4n) is 1.93. The van der Waals surface area contributed by atoms with Crippen molar-refractivity contribution in [3.63, 3.8) is 0 Å². The van der Waals surface area contributed by atoms with E-state index in [-0.39, 0.29) is 12.5 Å². The zero-order valence-corrected chi connectivity index (χ0v) is 12.9. The second kappa shape index (κ2) is 7.02. The molecule has 1 aromatic carbocycles. The molecule has 0 aliphatic rings. The fraction of sp³-hybridized carbons (Fsp3) is 0.250. The van der Waals surface area contributed by atoms with Crippen molar-refractivity contribution in [1.29, 1.82) is 0 Å². The van der Waals surface area contributed by atoms with Gasteiger partial charge in [0.25, 0.3) is 5.91 Å². The SMILES string of the molecule is Cc1ccc(C#CCN)c(C(=O)N(C)Cc2cscn2)c1. The molecule has 0 saturated carbocycles. The van der Waals surface area contributed by atoms with Crippen LogP contribution in [-0.2, 0) is 6.54 Å². The number of amides is 1. The maximum Gasteiger partial charge on any atom is 0.255 e.